The molecule has 2 aliphatic rings. The molecule has 0 spiro atoms. The topological polar surface area (TPSA) is 115 Å². The molecule has 0 aliphatic carbocycles. The van der Waals surface area contributed by atoms with Crippen molar-refractivity contribution >= 4 is 11.6 Å². The lowest BCUT2D eigenvalue weighted by molar-refractivity contribution is -0.231. The minimum absolute atomic E-state index is 0.473. The molecular weight excluding hydrogens is 512 g/mol. The average Bonchev–Trinajstić information content (AvgIpc) is 2.93. The molecule has 2 fully saturated rings. The van der Waals surface area contributed by atoms with Crippen LogP contribution in [0.4, 0.5) is 0 Å². The van der Waals surface area contributed by atoms with Crippen molar-refractivity contribution in [3.63, 3.8) is 0 Å². The van der Waals surface area contributed by atoms with Crippen LogP contribution in [0.15, 0.2) is 42.5 Å². The number of rotatable bonds is 11. The Balaban J connectivity index is 1.25. The minimum Gasteiger partial charge on any atom is -0.491 e. The second-order valence-electron chi connectivity index (χ2n) is 10.0. The van der Waals surface area contributed by atoms with Gasteiger partial charge in [0.05, 0.1) is 19.8 Å². The molecule has 2 aromatic carbocycles. The van der Waals surface area contributed by atoms with E-state index >= 15 is 0 Å². The molecule has 5 atom stereocenters. The number of nitrogens with zero attached hydrogens (tertiary/aromatic N) is 2. The Bertz CT molecular complexity index is 1000. The summed E-state index contributed by atoms with van der Waals surface area (Å²) in [6.45, 7) is 6.59. The zero-order chi connectivity index (χ0) is 27.1. The summed E-state index contributed by atoms with van der Waals surface area (Å²) >= 11 is 6.45. The van der Waals surface area contributed by atoms with E-state index < -0.39 is 37.1 Å². The summed E-state index contributed by atoms with van der Waals surface area (Å²) in [5.41, 5.74) is 2.45. The van der Waals surface area contributed by atoms with Gasteiger partial charge in [-0.05, 0) is 48.4 Å². The molecule has 0 bridgehead atoms. The van der Waals surface area contributed by atoms with Gasteiger partial charge >= 0.3 is 0 Å². The van der Waals surface area contributed by atoms with Gasteiger partial charge in [-0.3, -0.25) is 4.90 Å². The van der Waals surface area contributed by atoms with Crippen LogP contribution in [-0.4, -0.2) is 121 Å². The number of hydrogen-bond acceptors (Lipinski definition) is 9. The SMILES string of the molecule is CN1CCN(CCOCCOc2ccc(Cc3cc([C@H]4O[C@H](CO)[C@@H](O)[C@H](O)[C@H]4O)ccc3Cl)cc2)CC1. The Morgan fingerprint density at radius 3 is 2.37 bits per heavy atom. The summed E-state index contributed by atoms with van der Waals surface area (Å²) in [6, 6.07) is 13.0. The molecule has 0 saturated carbocycles. The fourth-order valence-corrected chi connectivity index (χ4v) is 4.98. The maximum atomic E-state index is 10.5. The Morgan fingerprint density at radius 1 is 0.921 bits per heavy atom. The smallest absolute Gasteiger partial charge is 0.119 e. The highest BCUT2D eigenvalue weighted by Crippen LogP contribution is 2.34. The Hall–Kier alpha value is -1.79. The van der Waals surface area contributed by atoms with Crippen molar-refractivity contribution in [1.29, 1.82) is 0 Å². The zero-order valence-electron chi connectivity index (χ0n) is 21.8. The normalized spacial score (nSPS) is 26.9. The summed E-state index contributed by atoms with van der Waals surface area (Å²) in [5, 5.41) is 40.7. The minimum atomic E-state index is -1.43. The van der Waals surface area contributed by atoms with Crippen molar-refractivity contribution < 1.29 is 34.6 Å². The van der Waals surface area contributed by atoms with Gasteiger partial charge in [-0.25, -0.2) is 0 Å². The van der Waals surface area contributed by atoms with Crippen LogP contribution in [0.25, 0.3) is 0 Å². The number of ether oxygens (including phenoxy) is 3. The van der Waals surface area contributed by atoms with Crippen molar-refractivity contribution in [3.05, 3.63) is 64.2 Å². The van der Waals surface area contributed by atoms with Gasteiger partial charge in [-0.15, -0.1) is 0 Å². The first-order valence-corrected chi connectivity index (χ1v) is 13.5. The number of benzene rings is 2. The molecule has 0 aromatic heterocycles. The molecule has 2 heterocycles. The van der Waals surface area contributed by atoms with E-state index in [0.717, 1.165) is 49.6 Å². The van der Waals surface area contributed by atoms with Gasteiger partial charge in [-0.2, -0.15) is 0 Å². The third kappa shape index (κ3) is 7.65. The molecule has 0 radical (unpaired) electrons. The number of halogens is 1. The van der Waals surface area contributed by atoms with Crippen molar-refractivity contribution in [2.24, 2.45) is 0 Å². The lowest BCUT2D eigenvalue weighted by Crippen LogP contribution is -2.55. The zero-order valence-corrected chi connectivity index (χ0v) is 22.5. The van der Waals surface area contributed by atoms with Crippen molar-refractivity contribution in [2.45, 2.75) is 36.9 Å². The van der Waals surface area contributed by atoms with Crippen molar-refractivity contribution in [2.75, 3.05) is 66.2 Å². The monoisotopic (exact) mass is 550 g/mol. The summed E-state index contributed by atoms with van der Waals surface area (Å²) in [7, 11) is 2.15. The molecule has 2 saturated heterocycles. The average molecular weight is 551 g/mol. The van der Waals surface area contributed by atoms with Crippen LogP contribution >= 0.6 is 11.6 Å². The predicted octanol–water partition coefficient (Wildman–Crippen LogP) is 1.09. The largest absolute Gasteiger partial charge is 0.491 e. The summed E-state index contributed by atoms with van der Waals surface area (Å²) in [5.74, 6) is 0.762. The maximum absolute atomic E-state index is 10.5. The highest BCUT2D eigenvalue weighted by molar-refractivity contribution is 6.31. The fourth-order valence-electron chi connectivity index (χ4n) is 4.79. The Kier molecular flexibility index (Phi) is 10.8. The molecule has 0 amide bonds. The van der Waals surface area contributed by atoms with Crippen LogP contribution in [0, 0.1) is 0 Å². The van der Waals surface area contributed by atoms with E-state index in [1.165, 1.54) is 0 Å². The molecule has 210 valence electrons. The van der Waals surface area contributed by atoms with Gasteiger partial charge in [0, 0.05) is 37.7 Å². The standard InChI is InChI=1S/C28H39ClN2O7/c1-30-8-10-31(11-9-30)12-13-36-14-15-37-22-5-2-19(3-6-22)16-21-17-20(4-7-23(21)29)28-27(35)26(34)25(33)24(18-32)38-28/h2-7,17,24-28,32-35H,8-16,18H2,1H3/t24-,25-,26+,27-,28-/m1/s1. The van der Waals surface area contributed by atoms with Crippen LogP contribution in [0.3, 0.4) is 0 Å². The van der Waals surface area contributed by atoms with E-state index in [1.54, 1.807) is 12.1 Å². The predicted molar refractivity (Wildman–Crippen MR) is 144 cm³/mol. The number of aliphatic hydroxyl groups is 4. The van der Waals surface area contributed by atoms with E-state index in [4.69, 9.17) is 25.8 Å². The molecule has 2 aromatic rings. The van der Waals surface area contributed by atoms with Crippen LogP contribution in [0.5, 0.6) is 5.75 Å². The van der Waals surface area contributed by atoms with E-state index in [-0.39, 0.29) is 0 Å². The van der Waals surface area contributed by atoms with Gasteiger partial charge in [0.1, 0.15) is 42.9 Å². The summed E-state index contributed by atoms with van der Waals surface area (Å²) in [6.07, 6.45) is -5.49. The molecular formula is C28H39ClN2O7. The lowest BCUT2D eigenvalue weighted by Gasteiger charge is -2.40. The van der Waals surface area contributed by atoms with Crippen molar-refractivity contribution in [1.82, 2.24) is 9.80 Å². The number of likely N-dealkylation sites (N-methyl/N-ethyl adjacent to an activating group) is 1. The fraction of sp³-hybridized carbons (Fsp3) is 0.571. The number of hydrogen-bond donors (Lipinski definition) is 4. The van der Waals surface area contributed by atoms with Crippen LogP contribution in [-0.2, 0) is 15.9 Å². The van der Waals surface area contributed by atoms with E-state index in [1.807, 2.05) is 30.3 Å². The summed E-state index contributed by atoms with van der Waals surface area (Å²) in [4.78, 5) is 4.76. The quantitative estimate of drug-likeness (QED) is 0.305. The first-order chi connectivity index (χ1) is 18.4. The summed E-state index contributed by atoms with van der Waals surface area (Å²) < 4.78 is 17.2. The highest BCUT2D eigenvalue weighted by Gasteiger charge is 2.44. The van der Waals surface area contributed by atoms with Gasteiger partial charge in [-0.1, -0.05) is 35.9 Å². The maximum Gasteiger partial charge on any atom is 0.119 e. The second-order valence-corrected chi connectivity index (χ2v) is 10.4. The number of piperazine rings is 1. The van der Waals surface area contributed by atoms with Gasteiger partial charge in [0.2, 0.25) is 0 Å². The first kappa shape index (κ1) is 29.2. The van der Waals surface area contributed by atoms with Crippen molar-refractivity contribution in [3.8, 4) is 5.75 Å². The second kappa shape index (κ2) is 14.0. The molecule has 10 heteroatoms. The van der Waals surface area contributed by atoms with Gasteiger partial charge in [0.15, 0.2) is 0 Å². The molecule has 4 rings (SSSR count). The number of aliphatic hydroxyl groups excluding tert-OH is 4. The first-order valence-electron chi connectivity index (χ1n) is 13.1. The molecule has 2 aliphatic heterocycles. The van der Waals surface area contributed by atoms with E-state index in [0.29, 0.717) is 36.8 Å². The van der Waals surface area contributed by atoms with Crippen LogP contribution in [0.1, 0.15) is 22.8 Å². The molecule has 9 nitrogen and oxygen atoms in total. The Labute approximate surface area is 229 Å². The Morgan fingerprint density at radius 2 is 1.66 bits per heavy atom. The van der Waals surface area contributed by atoms with Gasteiger partial charge < -0.3 is 39.5 Å². The van der Waals surface area contributed by atoms with Gasteiger partial charge in [0.25, 0.3) is 0 Å². The molecule has 0 unspecified atom stereocenters. The lowest BCUT2D eigenvalue weighted by atomic mass is 9.90. The van der Waals surface area contributed by atoms with E-state index in [2.05, 4.69) is 16.8 Å². The third-order valence-corrected chi connectivity index (χ3v) is 7.62. The molecule has 38 heavy (non-hydrogen) atoms. The molecule has 4 N–H and O–H groups in total. The van der Waals surface area contributed by atoms with Crippen LogP contribution in [0.2, 0.25) is 5.02 Å². The highest BCUT2D eigenvalue weighted by atomic mass is 35.5. The van der Waals surface area contributed by atoms with Crippen LogP contribution < -0.4 is 4.74 Å². The third-order valence-electron chi connectivity index (χ3n) is 7.25. The van der Waals surface area contributed by atoms with E-state index in [9.17, 15) is 20.4 Å².